The number of aliphatic hydroxyl groups is 7. The van der Waals surface area contributed by atoms with Crippen LogP contribution in [0.3, 0.4) is 0 Å². The lowest BCUT2D eigenvalue weighted by Crippen LogP contribution is -2.68. The molecule has 15 heteroatoms. The number of aliphatic carboxylic acids is 2. The zero-order valence-electron chi connectivity index (χ0n) is 34.1. The SMILES string of the molecule is C[C@H]1[C@H](C)CC[C@]2(C(=O)O)CC3=CC[C@H]4[C@@]5(C)CC[C@@H](O[C@@H]6O[C@H](CO[C@@H]7O[C@H](CO)[C@H](O)[C@@H](O)[C@H]7O)[C@@H](O)[C@H](O)[C@H]6O)C(C)(C)[C@H]5CC[C@@]4(C)[C@]3(C(=O)O)C[C@H]12. The molecule has 0 radical (unpaired) electrons. The molecular weight excluding hydrogens is 744 g/mol. The molecule has 5 aliphatic carbocycles. The molecule has 4 saturated carbocycles. The van der Waals surface area contributed by atoms with Crippen LogP contribution in [-0.4, -0.2) is 139 Å². The van der Waals surface area contributed by atoms with Crippen LogP contribution in [0.15, 0.2) is 11.6 Å². The second kappa shape index (κ2) is 15.0. The smallest absolute Gasteiger partial charge is 0.314 e. The third kappa shape index (κ3) is 6.30. The number of carboxylic acids is 2. The fourth-order valence-corrected chi connectivity index (χ4v) is 13.8. The number of allylic oxidation sites excluding steroid dienone is 1. The van der Waals surface area contributed by atoms with Crippen molar-refractivity contribution in [2.45, 2.75) is 167 Å². The van der Waals surface area contributed by atoms with Crippen LogP contribution in [0.5, 0.6) is 0 Å². The van der Waals surface area contributed by atoms with Crippen LogP contribution >= 0.6 is 0 Å². The van der Waals surface area contributed by atoms with Crippen LogP contribution in [0.4, 0.5) is 0 Å². The molecule has 2 saturated heterocycles. The molecule has 0 bridgehead atoms. The maximum atomic E-state index is 13.9. The van der Waals surface area contributed by atoms with E-state index in [4.69, 9.17) is 18.9 Å². The monoisotopic (exact) mass is 810 g/mol. The van der Waals surface area contributed by atoms with Crippen molar-refractivity contribution in [1.82, 2.24) is 0 Å². The van der Waals surface area contributed by atoms with E-state index in [1.807, 2.05) is 0 Å². The topological polar surface area (TPSA) is 253 Å². The van der Waals surface area contributed by atoms with E-state index >= 15 is 0 Å². The summed E-state index contributed by atoms with van der Waals surface area (Å²) in [5.41, 5.74) is -2.79. The number of aliphatic hydroxyl groups excluding tert-OH is 7. The summed E-state index contributed by atoms with van der Waals surface area (Å²) in [5, 5.41) is 95.2. The zero-order valence-corrected chi connectivity index (χ0v) is 34.1. The van der Waals surface area contributed by atoms with Gasteiger partial charge in [0.05, 0.1) is 30.1 Å². The summed E-state index contributed by atoms with van der Waals surface area (Å²) in [6.07, 6.45) is -8.36. The molecule has 0 amide bonds. The molecule has 0 unspecified atom stereocenters. The molecule has 0 aromatic rings. The molecule has 9 N–H and O–H groups in total. The summed E-state index contributed by atoms with van der Waals surface area (Å²) < 4.78 is 23.6. The molecule has 6 fully saturated rings. The molecule has 15 nitrogen and oxygen atoms in total. The predicted octanol–water partition coefficient (Wildman–Crippen LogP) is 1.80. The Bertz CT molecular complexity index is 1570. The number of carboxylic acid groups (broad SMARTS) is 2. The first-order chi connectivity index (χ1) is 26.6. The minimum absolute atomic E-state index is 0.00471. The van der Waals surface area contributed by atoms with Crippen LogP contribution in [0, 0.1) is 56.7 Å². The van der Waals surface area contributed by atoms with Gasteiger partial charge in [-0.1, -0.05) is 53.2 Å². The molecule has 2 aliphatic heterocycles. The van der Waals surface area contributed by atoms with Crippen LogP contribution in [0.2, 0.25) is 0 Å². The minimum atomic E-state index is -1.69. The average molecular weight is 811 g/mol. The van der Waals surface area contributed by atoms with Crippen molar-refractivity contribution in [1.29, 1.82) is 0 Å². The Morgan fingerprint density at radius 3 is 2.04 bits per heavy atom. The number of hydrogen-bond acceptors (Lipinski definition) is 13. The van der Waals surface area contributed by atoms with Crippen LogP contribution in [0.1, 0.15) is 99.3 Å². The normalized spacial score (nSPS) is 53.3. The Morgan fingerprint density at radius 2 is 1.40 bits per heavy atom. The van der Waals surface area contributed by atoms with Gasteiger partial charge in [-0.25, -0.2) is 0 Å². The van der Waals surface area contributed by atoms with E-state index in [0.29, 0.717) is 50.9 Å². The Kier molecular flexibility index (Phi) is 11.4. The lowest BCUT2D eigenvalue weighted by Gasteiger charge is -2.70. The highest BCUT2D eigenvalue weighted by Crippen LogP contribution is 2.75. The van der Waals surface area contributed by atoms with Crippen molar-refractivity contribution in [3.8, 4) is 0 Å². The maximum absolute atomic E-state index is 13.9. The van der Waals surface area contributed by atoms with E-state index in [0.717, 1.165) is 12.0 Å². The molecule has 7 rings (SSSR count). The second-order valence-corrected chi connectivity index (χ2v) is 20.1. The number of fused-ring (bicyclic) bond motifs is 6. The quantitative estimate of drug-likeness (QED) is 0.125. The molecule has 2 heterocycles. The number of rotatable bonds is 8. The van der Waals surface area contributed by atoms with E-state index in [2.05, 4.69) is 47.6 Å². The van der Waals surface area contributed by atoms with Gasteiger partial charge in [-0.2, -0.15) is 0 Å². The molecule has 0 aromatic heterocycles. The summed E-state index contributed by atoms with van der Waals surface area (Å²) in [4.78, 5) is 27.0. The highest BCUT2D eigenvalue weighted by atomic mass is 16.7. The van der Waals surface area contributed by atoms with E-state index < -0.39 is 114 Å². The molecule has 20 atom stereocenters. The fourth-order valence-electron chi connectivity index (χ4n) is 13.8. The second-order valence-electron chi connectivity index (χ2n) is 20.1. The Labute approximate surface area is 334 Å². The minimum Gasteiger partial charge on any atom is -0.481 e. The van der Waals surface area contributed by atoms with Gasteiger partial charge in [0.25, 0.3) is 0 Å². The molecule has 7 aliphatic rings. The van der Waals surface area contributed by atoms with Crippen molar-refractivity contribution in [2.75, 3.05) is 13.2 Å². The standard InChI is InChI=1S/C42H66O15/c1-19-9-14-41(36(50)51)15-21-7-8-26-39(5)12-11-27(38(3,4)25(39)10-13-40(26,6)42(21,37(52)53)16-22(41)20(19)2)57-35-33(49)31(47)29(45)24(56-35)18-54-34-32(48)30(46)28(44)23(17-43)55-34/h7,19-20,22-35,43-49H,8-18H2,1-6H3,(H,50,51)(H,52,53)/t19-,20+,22-,23-,24-,25-,26+,27-,28+,29-,30-,31+,32-,33-,34-,35+,39+,40-,41+,42-/m1/s1. The van der Waals surface area contributed by atoms with E-state index in [9.17, 15) is 55.5 Å². The highest BCUT2D eigenvalue weighted by molar-refractivity contribution is 5.84. The summed E-state index contributed by atoms with van der Waals surface area (Å²) in [6, 6.07) is 0. The lowest BCUT2D eigenvalue weighted by molar-refractivity contribution is -0.345. The average Bonchev–Trinajstić information content (AvgIpc) is 3.15. The Hall–Kier alpha value is -1.76. The first-order valence-corrected chi connectivity index (χ1v) is 21.1. The highest BCUT2D eigenvalue weighted by Gasteiger charge is 2.73. The third-order valence-corrected chi connectivity index (χ3v) is 17.5. The van der Waals surface area contributed by atoms with E-state index in [1.165, 1.54) is 0 Å². The van der Waals surface area contributed by atoms with Crippen molar-refractivity contribution >= 4 is 11.9 Å². The van der Waals surface area contributed by atoms with Gasteiger partial charge in [-0.15, -0.1) is 0 Å². The van der Waals surface area contributed by atoms with Gasteiger partial charge >= 0.3 is 11.9 Å². The number of carbonyl (C=O) groups is 2. The maximum Gasteiger partial charge on any atom is 0.314 e. The summed E-state index contributed by atoms with van der Waals surface area (Å²) in [5.74, 6) is -1.47. The van der Waals surface area contributed by atoms with Gasteiger partial charge in [0.2, 0.25) is 0 Å². The first-order valence-electron chi connectivity index (χ1n) is 21.1. The van der Waals surface area contributed by atoms with Gasteiger partial charge in [-0.3, -0.25) is 9.59 Å². The zero-order chi connectivity index (χ0) is 41.8. The number of ether oxygens (including phenoxy) is 4. The van der Waals surface area contributed by atoms with E-state index in [-0.39, 0.29) is 35.5 Å². The van der Waals surface area contributed by atoms with E-state index in [1.54, 1.807) is 0 Å². The van der Waals surface area contributed by atoms with Crippen molar-refractivity contribution in [3.05, 3.63) is 11.6 Å². The van der Waals surface area contributed by atoms with Crippen molar-refractivity contribution in [3.63, 3.8) is 0 Å². The van der Waals surface area contributed by atoms with Gasteiger partial charge in [-0.05, 0) is 104 Å². The molecule has 324 valence electrons. The largest absolute Gasteiger partial charge is 0.481 e. The first kappa shape index (κ1) is 43.3. The fraction of sp³-hybridized carbons (Fsp3) is 0.905. The Morgan fingerprint density at radius 1 is 0.772 bits per heavy atom. The lowest BCUT2D eigenvalue weighted by atomic mass is 9.33. The Balaban J connectivity index is 1.11. The van der Waals surface area contributed by atoms with Gasteiger partial charge in [0, 0.05) is 0 Å². The summed E-state index contributed by atoms with van der Waals surface area (Å²) in [6.45, 7) is 11.8. The summed E-state index contributed by atoms with van der Waals surface area (Å²) in [7, 11) is 0. The molecular formula is C42H66O15. The molecule has 0 aromatic carbocycles. The number of hydrogen-bond donors (Lipinski definition) is 9. The van der Waals surface area contributed by atoms with Gasteiger partial charge in [0.15, 0.2) is 12.6 Å². The van der Waals surface area contributed by atoms with Crippen LogP contribution in [-0.2, 0) is 28.5 Å². The molecule has 57 heavy (non-hydrogen) atoms. The van der Waals surface area contributed by atoms with Crippen LogP contribution in [0.25, 0.3) is 0 Å². The molecule has 0 spiro atoms. The van der Waals surface area contributed by atoms with Crippen molar-refractivity contribution in [2.24, 2.45) is 56.7 Å². The van der Waals surface area contributed by atoms with Crippen LogP contribution < -0.4 is 0 Å². The van der Waals surface area contributed by atoms with Gasteiger partial charge in [0.1, 0.15) is 48.8 Å². The summed E-state index contributed by atoms with van der Waals surface area (Å²) >= 11 is 0. The van der Waals surface area contributed by atoms with Gasteiger partial charge < -0.3 is 64.9 Å². The van der Waals surface area contributed by atoms with Crippen molar-refractivity contribution < 1.29 is 74.5 Å². The predicted molar refractivity (Wildman–Crippen MR) is 200 cm³/mol. The third-order valence-electron chi connectivity index (χ3n) is 17.5.